The maximum atomic E-state index is 11.3. The van der Waals surface area contributed by atoms with Crippen molar-refractivity contribution >= 4 is 23.5 Å². The van der Waals surface area contributed by atoms with Crippen molar-refractivity contribution in [2.24, 2.45) is 16.3 Å². The molecule has 0 radical (unpaired) electrons. The molecule has 1 amide bonds. The van der Waals surface area contributed by atoms with Crippen LogP contribution in [0.4, 0.5) is 0 Å². The lowest BCUT2D eigenvalue weighted by atomic mass is 9.89. The third-order valence-electron chi connectivity index (χ3n) is 2.48. The zero-order chi connectivity index (χ0) is 13.3. The summed E-state index contributed by atoms with van der Waals surface area (Å²) in [5.74, 6) is 1.57. The molecular formula is C11H23N3O2S. The zero-order valence-electron chi connectivity index (χ0n) is 10.8. The third kappa shape index (κ3) is 7.10. The summed E-state index contributed by atoms with van der Waals surface area (Å²) in [4.78, 5) is 11.3. The smallest absolute Gasteiger partial charge is 0.229 e. The fraction of sp³-hybridized carbons (Fsp3) is 0.818. The van der Waals surface area contributed by atoms with Gasteiger partial charge in [-0.1, -0.05) is 25.9 Å². The van der Waals surface area contributed by atoms with Crippen LogP contribution in [0.2, 0.25) is 0 Å². The van der Waals surface area contributed by atoms with Crippen LogP contribution in [0.15, 0.2) is 5.16 Å². The van der Waals surface area contributed by atoms with E-state index in [2.05, 4.69) is 10.5 Å². The van der Waals surface area contributed by atoms with Crippen molar-refractivity contribution in [3.8, 4) is 0 Å². The number of carbonyl (C=O) groups is 1. The number of rotatable bonds is 8. The third-order valence-corrected chi connectivity index (χ3v) is 3.44. The molecule has 0 aromatic carbocycles. The van der Waals surface area contributed by atoms with Gasteiger partial charge < -0.3 is 16.3 Å². The second-order valence-electron chi connectivity index (χ2n) is 4.52. The van der Waals surface area contributed by atoms with E-state index in [4.69, 9.17) is 10.9 Å². The van der Waals surface area contributed by atoms with Gasteiger partial charge in [0.2, 0.25) is 5.91 Å². The average molecular weight is 261 g/mol. The summed E-state index contributed by atoms with van der Waals surface area (Å²) in [5.41, 5.74) is 5.24. The summed E-state index contributed by atoms with van der Waals surface area (Å²) in [5, 5.41) is 14.4. The highest BCUT2D eigenvalue weighted by molar-refractivity contribution is 7.99. The van der Waals surface area contributed by atoms with Crippen LogP contribution in [0.25, 0.3) is 0 Å². The molecule has 0 aliphatic heterocycles. The molecule has 4 N–H and O–H groups in total. The Morgan fingerprint density at radius 1 is 1.53 bits per heavy atom. The van der Waals surface area contributed by atoms with Crippen molar-refractivity contribution in [1.29, 1.82) is 0 Å². The first-order valence-corrected chi connectivity index (χ1v) is 6.92. The maximum Gasteiger partial charge on any atom is 0.229 e. The quantitative estimate of drug-likeness (QED) is 0.203. The van der Waals surface area contributed by atoms with Crippen LogP contribution in [0, 0.1) is 5.41 Å². The van der Waals surface area contributed by atoms with Gasteiger partial charge in [0, 0.05) is 12.0 Å². The summed E-state index contributed by atoms with van der Waals surface area (Å²) in [6.07, 6.45) is 1.72. The van der Waals surface area contributed by atoms with Crippen molar-refractivity contribution in [3.05, 3.63) is 0 Å². The molecule has 0 unspecified atom stereocenters. The predicted molar refractivity (Wildman–Crippen MR) is 72.4 cm³/mol. The molecule has 0 saturated heterocycles. The Morgan fingerprint density at radius 3 is 2.71 bits per heavy atom. The molecule has 0 aliphatic carbocycles. The van der Waals surface area contributed by atoms with E-state index >= 15 is 0 Å². The van der Waals surface area contributed by atoms with Crippen LogP contribution in [-0.2, 0) is 4.79 Å². The summed E-state index contributed by atoms with van der Waals surface area (Å²) >= 11 is 1.56. The number of hydrogen-bond donors (Lipinski definition) is 3. The van der Waals surface area contributed by atoms with Crippen LogP contribution in [0.3, 0.4) is 0 Å². The van der Waals surface area contributed by atoms with E-state index in [-0.39, 0.29) is 17.2 Å². The zero-order valence-corrected chi connectivity index (χ0v) is 11.6. The van der Waals surface area contributed by atoms with Crippen LogP contribution < -0.4 is 11.1 Å². The topological polar surface area (TPSA) is 87.7 Å². The van der Waals surface area contributed by atoms with Crippen molar-refractivity contribution in [1.82, 2.24) is 5.32 Å². The summed E-state index contributed by atoms with van der Waals surface area (Å²) < 4.78 is 0. The first-order valence-electron chi connectivity index (χ1n) is 5.76. The molecule has 6 heteroatoms. The van der Waals surface area contributed by atoms with Gasteiger partial charge in [-0.3, -0.25) is 4.79 Å². The van der Waals surface area contributed by atoms with Crippen molar-refractivity contribution < 1.29 is 10.0 Å². The number of carbonyl (C=O) groups excluding carboxylic acids is 1. The molecule has 0 aromatic heterocycles. The van der Waals surface area contributed by atoms with Crippen LogP contribution in [-0.4, -0.2) is 35.0 Å². The molecule has 0 rings (SSSR count). The number of thioether (sulfide) groups is 1. The van der Waals surface area contributed by atoms with Crippen LogP contribution in [0.5, 0.6) is 0 Å². The van der Waals surface area contributed by atoms with Gasteiger partial charge in [0.1, 0.15) is 5.84 Å². The van der Waals surface area contributed by atoms with Gasteiger partial charge in [-0.05, 0) is 18.6 Å². The minimum absolute atomic E-state index is 0.0680. The van der Waals surface area contributed by atoms with Crippen molar-refractivity contribution in [2.45, 2.75) is 33.6 Å². The fourth-order valence-corrected chi connectivity index (χ4v) is 2.16. The van der Waals surface area contributed by atoms with E-state index in [9.17, 15) is 4.79 Å². The molecular weight excluding hydrogens is 238 g/mol. The average Bonchev–Trinajstić information content (AvgIpc) is 2.30. The minimum Gasteiger partial charge on any atom is -0.409 e. The van der Waals surface area contributed by atoms with E-state index in [1.165, 1.54) is 0 Å². The Hall–Kier alpha value is -0.910. The van der Waals surface area contributed by atoms with E-state index < -0.39 is 0 Å². The van der Waals surface area contributed by atoms with Gasteiger partial charge in [0.05, 0.1) is 5.75 Å². The monoisotopic (exact) mass is 261 g/mol. The Labute approximate surface area is 107 Å². The van der Waals surface area contributed by atoms with Gasteiger partial charge in [-0.2, -0.15) is 11.8 Å². The molecule has 0 heterocycles. The Morgan fingerprint density at radius 2 is 2.18 bits per heavy atom. The standard InChI is InChI=1S/C11H23N3O2S/c1-4-6-13-9(15)8-17-7-5-11(2,3)10(12)14-16/h16H,4-8H2,1-3H3,(H2,12,14)(H,13,15). The van der Waals surface area contributed by atoms with Crippen molar-refractivity contribution in [2.75, 3.05) is 18.1 Å². The molecule has 0 spiro atoms. The lowest BCUT2D eigenvalue weighted by Crippen LogP contribution is -2.32. The van der Waals surface area contributed by atoms with Gasteiger partial charge in [-0.25, -0.2) is 0 Å². The molecule has 0 fully saturated rings. The number of amides is 1. The molecule has 100 valence electrons. The highest BCUT2D eigenvalue weighted by Gasteiger charge is 2.23. The number of nitrogens with one attached hydrogen (secondary N) is 1. The Balaban J connectivity index is 3.74. The maximum absolute atomic E-state index is 11.3. The van der Waals surface area contributed by atoms with E-state index in [1.807, 2.05) is 20.8 Å². The van der Waals surface area contributed by atoms with E-state index in [0.717, 1.165) is 25.1 Å². The predicted octanol–water partition coefficient (Wildman–Crippen LogP) is 1.41. The van der Waals surface area contributed by atoms with E-state index in [0.29, 0.717) is 5.75 Å². The van der Waals surface area contributed by atoms with E-state index in [1.54, 1.807) is 11.8 Å². The fourth-order valence-electron chi connectivity index (χ4n) is 1.07. The van der Waals surface area contributed by atoms with Crippen molar-refractivity contribution in [3.63, 3.8) is 0 Å². The number of hydrogen-bond acceptors (Lipinski definition) is 4. The number of amidine groups is 1. The molecule has 0 atom stereocenters. The Bertz CT molecular complexity index is 267. The largest absolute Gasteiger partial charge is 0.409 e. The lowest BCUT2D eigenvalue weighted by molar-refractivity contribution is -0.118. The van der Waals surface area contributed by atoms with Crippen LogP contribution in [0.1, 0.15) is 33.6 Å². The lowest BCUT2D eigenvalue weighted by Gasteiger charge is -2.22. The number of nitrogens with two attached hydrogens (primary N) is 1. The second-order valence-corrected chi connectivity index (χ2v) is 5.63. The molecule has 0 saturated carbocycles. The van der Waals surface area contributed by atoms with Gasteiger partial charge in [-0.15, -0.1) is 0 Å². The molecule has 0 aromatic rings. The van der Waals surface area contributed by atoms with Gasteiger partial charge in [0.15, 0.2) is 0 Å². The first-order chi connectivity index (χ1) is 7.94. The minimum atomic E-state index is -0.332. The summed E-state index contributed by atoms with van der Waals surface area (Å²) in [6, 6.07) is 0. The summed E-state index contributed by atoms with van der Waals surface area (Å²) in [7, 11) is 0. The highest BCUT2D eigenvalue weighted by Crippen LogP contribution is 2.22. The molecule has 0 aliphatic rings. The first kappa shape index (κ1) is 16.1. The molecule has 0 bridgehead atoms. The normalized spacial score (nSPS) is 12.5. The molecule has 5 nitrogen and oxygen atoms in total. The van der Waals surface area contributed by atoms with Crippen LogP contribution >= 0.6 is 11.8 Å². The molecule has 17 heavy (non-hydrogen) atoms. The number of oxime groups is 1. The highest BCUT2D eigenvalue weighted by atomic mass is 32.2. The SMILES string of the molecule is CCCNC(=O)CSCCC(C)(C)C(N)=NO. The Kier molecular flexibility index (Phi) is 7.78. The summed E-state index contributed by atoms with van der Waals surface area (Å²) in [6.45, 7) is 6.58. The van der Waals surface area contributed by atoms with Gasteiger partial charge >= 0.3 is 0 Å². The van der Waals surface area contributed by atoms with Gasteiger partial charge in [0.25, 0.3) is 0 Å². The second kappa shape index (κ2) is 8.22. The number of nitrogens with zero attached hydrogens (tertiary/aromatic N) is 1.